The smallest absolute Gasteiger partial charge is 0.415 e. The predicted octanol–water partition coefficient (Wildman–Crippen LogP) is 0.802. The van der Waals surface area contributed by atoms with Crippen molar-refractivity contribution in [3.63, 3.8) is 0 Å². The van der Waals surface area contributed by atoms with Gasteiger partial charge in [0.25, 0.3) is 0 Å². The Bertz CT molecular complexity index is 445. The summed E-state index contributed by atoms with van der Waals surface area (Å²) in [7, 11) is 0. The zero-order valence-electron chi connectivity index (χ0n) is 8.16. The summed E-state index contributed by atoms with van der Waals surface area (Å²) in [5, 5.41) is 17.9. The summed E-state index contributed by atoms with van der Waals surface area (Å²) in [4.78, 5) is 23.2. The van der Waals surface area contributed by atoms with Crippen molar-refractivity contribution in [3.8, 4) is 5.75 Å². The molecule has 2 N–H and O–H groups in total. The molecule has 1 amide bonds. The third-order valence-corrected chi connectivity index (χ3v) is 2.23. The van der Waals surface area contributed by atoms with E-state index < -0.39 is 18.2 Å². The fourth-order valence-electron chi connectivity index (χ4n) is 1.46. The van der Waals surface area contributed by atoms with Gasteiger partial charge in [-0.15, -0.1) is 0 Å². The van der Waals surface area contributed by atoms with E-state index in [1.807, 2.05) is 0 Å². The molecule has 0 saturated carbocycles. The second kappa shape index (κ2) is 3.73. The number of phenolic OH excluding ortho intramolecular Hbond substituents is 1. The van der Waals surface area contributed by atoms with Gasteiger partial charge in [0.1, 0.15) is 5.75 Å². The maximum Gasteiger partial charge on any atom is 0.415 e. The van der Waals surface area contributed by atoms with Crippen LogP contribution >= 0.6 is 0 Å². The zero-order chi connectivity index (χ0) is 11.7. The first-order valence-corrected chi connectivity index (χ1v) is 4.58. The Kier molecular flexibility index (Phi) is 2.40. The third kappa shape index (κ3) is 1.77. The van der Waals surface area contributed by atoms with E-state index in [-0.39, 0.29) is 12.3 Å². The molecule has 16 heavy (non-hydrogen) atoms. The van der Waals surface area contributed by atoms with E-state index in [0.29, 0.717) is 5.69 Å². The summed E-state index contributed by atoms with van der Waals surface area (Å²) in [6.45, 7) is -0.0579. The van der Waals surface area contributed by atoms with Gasteiger partial charge in [-0.05, 0) is 12.1 Å². The molecule has 84 valence electrons. The quantitative estimate of drug-likeness (QED) is 0.774. The van der Waals surface area contributed by atoms with E-state index >= 15 is 0 Å². The van der Waals surface area contributed by atoms with Crippen LogP contribution in [0.25, 0.3) is 0 Å². The van der Waals surface area contributed by atoms with Gasteiger partial charge in [0.2, 0.25) is 6.10 Å². The lowest BCUT2D eigenvalue weighted by molar-refractivity contribution is -0.144. The Balaban J connectivity index is 2.23. The van der Waals surface area contributed by atoms with Crippen molar-refractivity contribution in [2.75, 3.05) is 11.4 Å². The Morgan fingerprint density at radius 1 is 1.50 bits per heavy atom. The standard InChI is InChI=1S/C10H9NO5/c12-7-3-1-2-6(4-7)11-5-8(9(13)14)16-10(11)15/h1-4,8,12H,5H2,(H,13,14)/t8-/m1/s1. The van der Waals surface area contributed by atoms with Gasteiger partial charge in [0.05, 0.1) is 12.2 Å². The molecule has 1 aromatic carbocycles. The molecule has 0 radical (unpaired) electrons. The minimum atomic E-state index is -1.18. The molecule has 0 aromatic heterocycles. The number of aliphatic carboxylic acids is 1. The van der Waals surface area contributed by atoms with Crippen LogP contribution in [0.2, 0.25) is 0 Å². The van der Waals surface area contributed by atoms with Gasteiger partial charge in [-0.1, -0.05) is 6.07 Å². The molecule has 1 heterocycles. The summed E-state index contributed by atoms with van der Waals surface area (Å²) in [6, 6.07) is 5.97. The minimum Gasteiger partial charge on any atom is -0.508 e. The number of carbonyl (C=O) groups excluding carboxylic acids is 1. The van der Waals surface area contributed by atoms with E-state index in [1.165, 1.54) is 17.0 Å². The summed E-state index contributed by atoms with van der Waals surface area (Å²) in [6.07, 6.45) is -1.88. The Hall–Kier alpha value is -2.24. The van der Waals surface area contributed by atoms with Crippen LogP contribution in [-0.2, 0) is 9.53 Å². The minimum absolute atomic E-state index is 0.00377. The molecule has 0 bridgehead atoms. The van der Waals surface area contributed by atoms with Crippen LogP contribution < -0.4 is 4.90 Å². The molecule has 6 nitrogen and oxygen atoms in total. The number of carboxylic acid groups (broad SMARTS) is 1. The van der Waals surface area contributed by atoms with Crippen LogP contribution in [-0.4, -0.2) is 34.9 Å². The van der Waals surface area contributed by atoms with Crippen LogP contribution in [0, 0.1) is 0 Å². The average Bonchev–Trinajstić information content (AvgIpc) is 2.60. The van der Waals surface area contributed by atoms with Crippen molar-refractivity contribution in [2.24, 2.45) is 0 Å². The summed E-state index contributed by atoms with van der Waals surface area (Å²) >= 11 is 0. The molecule has 1 aromatic rings. The van der Waals surface area contributed by atoms with Crippen molar-refractivity contribution < 1.29 is 24.5 Å². The topological polar surface area (TPSA) is 87.1 Å². The number of hydrogen-bond donors (Lipinski definition) is 2. The van der Waals surface area contributed by atoms with Gasteiger partial charge < -0.3 is 14.9 Å². The molecule has 1 aliphatic heterocycles. The number of carbonyl (C=O) groups is 2. The lowest BCUT2D eigenvalue weighted by atomic mass is 10.2. The number of phenols is 1. The van der Waals surface area contributed by atoms with Gasteiger partial charge in [0, 0.05) is 6.07 Å². The number of ether oxygens (including phenoxy) is 1. The number of amides is 1. The molecule has 0 spiro atoms. The summed E-state index contributed by atoms with van der Waals surface area (Å²) < 4.78 is 4.64. The molecule has 0 aliphatic carbocycles. The molecule has 0 unspecified atom stereocenters. The SMILES string of the molecule is O=C(O)[C@H]1CN(c2cccc(O)c2)C(=O)O1. The largest absolute Gasteiger partial charge is 0.508 e. The zero-order valence-corrected chi connectivity index (χ0v) is 8.16. The van der Waals surface area contributed by atoms with Gasteiger partial charge in [-0.3, -0.25) is 4.90 Å². The second-order valence-corrected chi connectivity index (χ2v) is 3.34. The highest BCUT2D eigenvalue weighted by Crippen LogP contribution is 2.24. The number of cyclic esters (lactones) is 1. The summed E-state index contributed by atoms with van der Waals surface area (Å²) in [5.41, 5.74) is 0.411. The van der Waals surface area contributed by atoms with Crippen molar-refractivity contribution in [3.05, 3.63) is 24.3 Å². The summed E-state index contributed by atoms with van der Waals surface area (Å²) in [5.74, 6) is -1.18. The number of aromatic hydroxyl groups is 1. The van der Waals surface area contributed by atoms with E-state index in [1.54, 1.807) is 12.1 Å². The van der Waals surface area contributed by atoms with E-state index in [0.717, 1.165) is 0 Å². The molecule has 2 rings (SSSR count). The lowest BCUT2D eigenvalue weighted by Crippen LogP contribution is -2.27. The molecule has 1 fully saturated rings. The first kappa shape index (κ1) is 10.3. The Morgan fingerprint density at radius 2 is 2.25 bits per heavy atom. The van der Waals surface area contributed by atoms with E-state index in [9.17, 15) is 14.7 Å². The molecule has 1 aliphatic rings. The van der Waals surface area contributed by atoms with Crippen LogP contribution in [0.4, 0.5) is 10.5 Å². The Labute approximate surface area is 90.7 Å². The molecule has 1 saturated heterocycles. The van der Waals surface area contributed by atoms with Crippen molar-refractivity contribution in [1.82, 2.24) is 0 Å². The number of nitrogens with zero attached hydrogens (tertiary/aromatic N) is 1. The Morgan fingerprint density at radius 3 is 2.81 bits per heavy atom. The van der Waals surface area contributed by atoms with Gasteiger partial charge >= 0.3 is 12.1 Å². The van der Waals surface area contributed by atoms with Gasteiger partial charge in [-0.25, -0.2) is 9.59 Å². The first-order valence-electron chi connectivity index (χ1n) is 4.58. The maximum absolute atomic E-state index is 11.4. The highest BCUT2D eigenvalue weighted by atomic mass is 16.6. The van der Waals surface area contributed by atoms with Crippen molar-refractivity contribution >= 4 is 17.7 Å². The third-order valence-electron chi connectivity index (χ3n) is 2.23. The number of anilines is 1. The van der Waals surface area contributed by atoms with Gasteiger partial charge in [0.15, 0.2) is 0 Å². The predicted molar refractivity (Wildman–Crippen MR) is 53.4 cm³/mol. The fourth-order valence-corrected chi connectivity index (χ4v) is 1.46. The highest BCUT2D eigenvalue weighted by Gasteiger charge is 2.36. The van der Waals surface area contributed by atoms with E-state index in [2.05, 4.69) is 4.74 Å². The molecular weight excluding hydrogens is 214 g/mol. The number of rotatable bonds is 2. The normalized spacial score (nSPS) is 19.6. The molecular formula is C10H9NO5. The first-order chi connectivity index (χ1) is 7.58. The molecule has 1 atom stereocenters. The monoisotopic (exact) mass is 223 g/mol. The molecule has 6 heteroatoms. The van der Waals surface area contributed by atoms with Crippen LogP contribution in [0.1, 0.15) is 0 Å². The van der Waals surface area contributed by atoms with Crippen LogP contribution in [0.3, 0.4) is 0 Å². The highest BCUT2D eigenvalue weighted by molar-refractivity contribution is 5.93. The maximum atomic E-state index is 11.4. The fraction of sp³-hybridized carbons (Fsp3) is 0.200. The van der Waals surface area contributed by atoms with Crippen molar-refractivity contribution in [1.29, 1.82) is 0 Å². The van der Waals surface area contributed by atoms with E-state index in [4.69, 9.17) is 5.11 Å². The number of benzene rings is 1. The average molecular weight is 223 g/mol. The number of hydrogen-bond acceptors (Lipinski definition) is 4. The van der Waals surface area contributed by atoms with Crippen LogP contribution in [0.15, 0.2) is 24.3 Å². The second-order valence-electron chi connectivity index (χ2n) is 3.34. The van der Waals surface area contributed by atoms with Gasteiger partial charge in [-0.2, -0.15) is 0 Å². The van der Waals surface area contributed by atoms with Crippen molar-refractivity contribution in [2.45, 2.75) is 6.10 Å². The number of carboxylic acids is 1. The lowest BCUT2D eigenvalue weighted by Gasteiger charge is -2.12. The van der Waals surface area contributed by atoms with Crippen LogP contribution in [0.5, 0.6) is 5.75 Å².